The summed E-state index contributed by atoms with van der Waals surface area (Å²) in [5.74, 6) is -0.584. The summed E-state index contributed by atoms with van der Waals surface area (Å²) >= 11 is 5.67. The van der Waals surface area contributed by atoms with Crippen LogP contribution in [0.4, 0.5) is 0 Å². The molecule has 1 aromatic rings. The maximum atomic E-state index is 10.7. The van der Waals surface area contributed by atoms with Gasteiger partial charge in [-0.05, 0) is 12.1 Å². The SMILES string of the molecule is O=Cc1ccc(OC(=O)CO)cc1Cl. The van der Waals surface area contributed by atoms with Crippen LogP contribution >= 0.6 is 11.6 Å². The van der Waals surface area contributed by atoms with Gasteiger partial charge in [-0.2, -0.15) is 0 Å². The van der Waals surface area contributed by atoms with Crippen LogP contribution in [-0.4, -0.2) is 24.0 Å². The van der Waals surface area contributed by atoms with Gasteiger partial charge < -0.3 is 9.84 Å². The molecule has 0 fully saturated rings. The van der Waals surface area contributed by atoms with E-state index in [0.29, 0.717) is 11.8 Å². The molecule has 0 aromatic heterocycles. The molecule has 0 saturated heterocycles. The Morgan fingerprint density at radius 3 is 2.79 bits per heavy atom. The topological polar surface area (TPSA) is 63.6 Å². The number of hydrogen-bond acceptors (Lipinski definition) is 4. The Morgan fingerprint density at radius 2 is 2.29 bits per heavy atom. The molecule has 0 radical (unpaired) electrons. The van der Waals surface area contributed by atoms with Crippen molar-refractivity contribution in [2.45, 2.75) is 0 Å². The number of aldehydes is 1. The average molecular weight is 215 g/mol. The lowest BCUT2D eigenvalue weighted by molar-refractivity contribution is -0.137. The number of aliphatic hydroxyl groups is 1. The van der Waals surface area contributed by atoms with Crippen LogP contribution in [-0.2, 0) is 4.79 Å². The van der Waals surface area contributed by atoms with E-state index >= 15 is 0 Å². The van der Waals surface area contributed by atoms with Crippen molar-refractivity contribution in [2.75, 3.05) is 6.61 Å². The molecular weight excluding hydrogens is 208 g/mol. The lowest BCUT2D eigenvalue weighted by Crippen LogP contribution is -2.12. The zero-order valence-electron chi connectivity index (χ0n) is 7.07. The van der Waals surface area contributed by atoms with Crippen LogP contribution in [0, 0.1) is 0 Å². The Kier molecular flexibility index (Phi) is 3.62. The molecule has 0 amide bonds. The van der Waals surface area contributed by atoms with Gasteiger partial charge in [0.1, 0.15) is 12.4 Å². The first-order valence-corrected chi connectivity index (χ1v) is 4.11. The van der Waals surface area contributed by atoms with Crippen LogP contribution in [0.1, 0.15) is 10.4 Å². The molecule has 0 saturated carbocycles. The number of rotatable bonds is 3. The van der Waals surface area contributed by atoms with Crippen molar-refractivity contribution < 1.29 is 19.4 Å². The second-order valence-electron chi connectivity index (χ2n) is 2.43. The summed E-state index contributed by atoms with van der Waals surface area (Å²) in [5.41, 5.74) is 0.315. The van der Waals surface area contributed by atoms with Crippen molar-refractivity contribution in [3.05, 3.63) is 28.8 Å². The van der Waals surface area contributed by atoms with Gasteiger partial charge in [-0.3, -0.25) is 4.79 Å². The zero-order valence-corrected chi connectivity index (χ0v) is 7.82. The molecule has 0 atom stereocenters. The Morgan fingerprint density at radius 1 is 1.57 bits per heavy atom. The Labute approximate surface area is 85.1 Å². The van der Waals surface area contributed by atoms with E-state index in [-0.39, 0.29) is 10.8 Å². The minimum Gasteiger partial charge on any atom is -0.425 e. The maximum absolute atomic E-state index is 10.7. The lowest BCUT2D eigenvalue weighted by atomic mass is 10.2. The third-order valence-electron chi connectivity index (χ3n) is 1.46. The number of ether oxygens (including phenoxy) is 1. The number of carbonyl (C=O) groups excluding carboxylic acids is 2. The predicted octanol–water partition coefficient (Wildman–Crippen LogP) is 1.05. The minimum absolute atomic E-state index is 0.194. The molecule has 0 bridgehead atoms. The van der Waals surface area contributed by atoms with E-state index in [4.69, 9.17) is 16.7 Å². The first-order chi connectivity index (χ1) is 6.67. The first kappa shape index (κ1) is 10.7. The fourth-order valence-corrected chi connectivity index (χ4v) is 1.05. The molecule has 0 aliphatic rings. The highest BCUT2D eigenvalue weighted by molar-refractivity contribution is 6.33. The Hall–Kier alpha value is -1.39. The monoisotopic (exact) mass is 214 g/mol. The Bertz CT molecular complexity index is 362. The molecule has 74 valence electrons. The van der Waals surface area contributed by atoms with E-state index in [1.165, 1.54) is 18.2 Å². The smallest absolute Gasteiger partial charge is 0.337 e. The molecule has 1 N–H and O–H groups in total. The molecule has 0 unspecified atom stereocenters. The van der Waals surface area contributed by atoms with Crippen LogP contribution in [0.15, 0.2) is 18.2 Å². The number of benzene rings is 1. The van der Waals surface area contributed by atoms with Crippen LogP contribution in [0.2, 0.25) is 5.02 Å². The molecular formula is C9H7ClO4. The van der Waals surface area contributed by atoms with E-state index in [0.717, 1.165) is 0 Å². The van der Waals surface area contributed by atoms with Gasteiger partial charge in [-0.25, -0.2) is 4.79 Å². The fraction of sp³-hybridized carbons (Fsp3) is 0.111. The van der Waals surface area contributed by atoms with Crippen LogP contribution < -0.4 is 4.74 Å². The van der Waals surface area contributed by atoms with E-state index in [2.05, 4.69) is 4.74 Å². The maximum Gasteiger partial charge on any atom is 0.337 e. The van der Waals surface area contributed by atoms with Crippen molar-refractivity contribution in [3.8, 4) is 5.75 Å². The van der Waals surface area contributed by atoms with Gasteiger partial charge in [0.2, 0.25) is 0 Å². The highest BCUT2D eigenvalue weighted by Crippen LogP contribution is 2.21. The normalized spacial score (nSPS) is 9.57. The highest BCUT2D eigenvalue weighted by Gasteiger charge is 2.05. The van der Waals surface area contributed by atoms with Gasteiger partial charge in [-0.1, -0.05) is 11.6 Å². The van der Waals surface area contributed by atoms with E-state index in [1.54, 1.807) is 0 Å². The molecule has 5 heteroatoms. The second-order valence-corrected chi connectivity index (χ2v) is 2.84. The third kappa shape index (κ3) is 2.55. The standard InChI is InChI=1S/C9H7ClO4/c10-8-3-7(14-9(13)5-12)2-1-6(8)4-11/h1-4,12H,5H2. The quantitative estimate of drug-likeness (QED) is 0.464. The third-order valence-corrected chi connectivity index (χ3v) is 1.79. The summed E-state index contributed by atoms with van der Waals surface area (Å²) in [7, 11) is 0. The summed E-state index contributed by atoms with van der Waals surface area (Å²) in [5, 5.41) is 8.60. The number of esters is 1. The average Bonchev–Trinajstić information content (AvgIpc) is 2.18. The molecule has 0 heterocycles. The zero-order chi connectivity index (χ0) is 10.6. The van der Waals surface area contributed by atoms with E-state index < -0.39 is 12.6 Å². The molecule has 1 aromatic carbocycles. The number of aliphatic hydroxyl groups excluding tert-OH is 1. The predicted molar refractivity (Wildman–Crippen MR) is 49.6 cm³/mol. The summed E-state index contributed by atoms with van der Waals surface area (Å²) in [6, 6.07) is 4.18. The van der Waals surface area contributed by atoms with Crippen molar-refractivity contribution in [1.82, 2.24) is 0 Å². The van der Waals surface area contributed by atoms with Crippen LogP contribution in [0.5, 0.6) is 5.75 Å². The van der Waals surface area contributed by atoms with Crippen molar-refractivity contribution in [1.29, 1.82) is 0 Å². The largest absolute Gasteiger partial charge is 0.425 e. The number of carbonyl (C=O) groups is 2. The highest BCUT2D eigenvalue weighted by atomic mass is 35.5. The van der Waals surface area contributed by atoms with Gasteiger partial charge in [-0.15, -0.1) is 0 Å². The summed E-state index contributed by atoms with van der Waals surface area (Å²) in [6.45, 7) is -0.701. The van der Waals surface area contributed by atoms with Gasteiger partial charge in [0, 0.05) is 11.6 Å². The van der Waals surface area contributed by atoms with Crippen molar-refractivity contribution >= 4 is 23.9 Å². The lowest BCUT2D eigenvalue weighted by Gasteiger charge is -2.03. The van der Waals surface area contributed by atoms with E-state index in [9.17, 15) is 9.59 Å². The first-order valence-electron chi connectivity index (χ1n) is 3.73. The van der Waals surface area contributed by atoms with Crippen molar-refractivity contribution in [2.24, 2.45) is 0 Å². The van der Waals surface area contributed by atoms with Crippen LogP contribution in [0.25, 0.3) is 0 Å². The molecule has 0 spiro atoms. The Balaban J connectivity index is 2.86. The summed E-state index contributed by atoms with van der Waals surface area (Å²) in [4.78, 5) is 21.0. The number of hydrogen-bond donors (Lipinski definition) is 1. The second kappa shape index (κ2) is 4.74. The van der Waals surface area contributed by atoms with E-state index in [1.807, 2.05) is 0 Å². The number of halogens is 1. The van der Waals surface area contributed by atoms with Gasteiger partial charge in [0.15, 0.2) is 6.29 Å². The van der Waals surface area contributed by atoms with Gasteiger partial charge in [0.25, 0.3) is 0 Å². The van der Waals surface area contributed by atoms with Crippen LogP contribution in [0.3, 0.4) is 0 Å². The summed E-state index contributed by atoms with van der Waals surface area (Å²) in [6.07, 6.45) is 0.597. The molecule has 14 heavy (non-hydrogen) atoms. The minimum atomic E-state index is -0.778. The molecule has 1 rings (SSSR count). The molecule has 0 aliphatic carbocycles. The fourth-order valence-electron chi connectivity index (χ4n) is 0.831. The summed E-state index contributed by atoms with van der Waals surface area (Å²) < 4.78 is 4.65. The molecule has 0 aliphatic heterocycles. The van der Waals surface area contributed by atoms with Gasteiger partial charge in [0.05, 0.1) is 5.02 Å². The van der Waals surface area contributed by atoms with Crippen molar-refractivity contribution in [3.63, 3.8) is 0 Å². The molecule has 4 nitrogen and oxygen atoms in total. The van der Waals surface area contributed by atoms with Gasteiger partial charge >= 0.3 is 5.97 Å².